The Morgan fingerprint density at radius 1 is 1.32 bits per heavy atom. The van der Waals surface area contributed by atoms with Crippen LogP contribution in [0, 0.1) is 13.8 Å². The summed E-state index contributed by atoms with van der Waals surface area (Å²) in [6.07, 6.45) is -6.00. The van der Waals surface area contributed by atoms with Gasteiger partial charge in [0.05, 0.1) is 0 Å². The van der Waals surface area contributed by atoms with Crippen LogP contribution in [0.25, 0.3) is 0 Å². The van der Waals surface area contributed by atoms with Crippen molar-refractivity contribution < 1.29 is 18.0 Å². The number of hydrogen-bond donors (Lipinski definition) is 1. The molecule has 118 valence electrons. The fourth-order valence-corrected chi connectivity index (χ4v) is 3.53. The molecule has 0 fully saturated rings. The van der Waals surface area contributed by atoms with Crippen molar-refractivity contribution in [1.82, 2.24) is 10.2 Å². The topological polar surface area (TPSA) is 54.9 Å². The number of benzene rings is 1. The maximum absolute atomic E-state index is 12.1. The number of carbonyl (C=O) groups is 1. The summed E-state index contributed by atoms with van der Waals surface area (Å²) in [5.74, 6) is -1.07. The minimum absolute atomic E-state index is 0.368. The molecule has 2 aromatic rings. The molecule has 2 rings (SSSR count). The first-order valence-corrected chi connectivity index (χ1v) is 7.81. The molecule has 1 amide bonds. The number of nitrogens with zero attached hydrogens (tertiary/aromatic N) is 2. The first-order chi connectivity index (χ1) is 10.2. The molecule has 0 aliphatic heterocycles. The van der Waals surface area contributed by atoms with Gasteiger partial charge in [0, 0.05) is 10.6 Å². The van der Waals surface area contributed by atoms with Crippen molar-refractivity contribution in [1.29, 1.82) is 0 Å². The maximum Gasteiger partial charge on any atom is 0.397 e. The normalized spacial score (nSPS) is 11.5. The average Bonchev–Trinajstić information content (AvgIpc) is 2.76. The lowest BCUT2D eigenvalue weighted by Gasteiger charge is -2.11. The van der Waals surface area contributed by atoms with Crippen LogP contribution in [0.3, 0.4) is 0 Å². The number of hydrogen-bond acceptors (Lipinski definition) is 5. The van der Waals surface area contributed by atoms with E-state index in [1.807, 2.05) is 6.92 Å². The van der Waals surface area contributed by atoms with Crippen molar-refractivity contribution in [3.05, 3.63) is 28.8 Å². The third-order valence-corrected chi connectivity index (χ3v) is 4.42. The minimum atomic E-state index is -4.51. The van der Waals surface area contributed by atoms with Crippen LogP contribution in [0.2, 0.25) is 0 Å². The van der Waals surface area contributed by atoms with Crippen LogP contribution < -0.4 is 5.32 Å². The molecule has 9 heteroatoms. The molecule has 0 saturated heterocycles. The lowest BCUT2D eigenvalue weighted by atomic mass is 10.2. The summed E-state index contributed by atoms with van der Waals surface area (Å²) in [6, 6.07) is 5.09. The van der Waals surface area contributed by atoms with Gasteiger partial charge in [0.15, 0.2) is 4.34 Å². The van der Waals surface area contributed by atoms with E-state index in [2.05, 4.69) is 15.5 Å². The first kappa shape index (κ1) is 16.8. The summed E-state index contributed by atoms with van der Waals surface area (Å²) < 4.78 is 37.2. The number of halogens is 3. The zero-order valence-electron chi connectivity index (χ0n) is 11.7. The van der Waals surface area contributed by atoms with Crippen molar-refractivity contribution in [2.24, 2.45) is 0 Å². The summed E-state index contributed by atoms with van der Waals surface area (Å²) in [5, 5.41) is 11.0. The molecule has 0 bridgehead atoms. The second kappa shape index (κ2) is 6.66. The Kier molecular flexibility index (Phi) is 5.07. The van der Waals surface area contributed by atoms with Gasteiger partial charge in [0.2, 0.25) is 5.91 Å². The average molecular weight is 347 g/mol. The van der Waals surface area contributed by atoms with Crippen molar-refractivity contribution in [3.8, 4) is 0 Å². The van der Waals surface area contributed by atoms with Crippen LogP contribution in [-0.4, -0.2) is 22.3 Å². The molecule has 22 heavy (non-hydrogen) atoms. The highest BCUT2D eigenvalue weighted by Gasteiger charge is 2.31. The lowest BCUT2D eigenvalue weighted by molar-refractivity contribution is -0.150. The number of anilines is 1. The van der Waals surface area contributed by atoms with Gasteiger partial charge in [-0.3, -0.25) is 4.79 Å². The van der Waals surface area contributed by atoms with Crippen molar-refractivity contribution in [3.63, 3.8) is 0 Å². The van der Waals surface area contributed by atoms with E-state index < -0.39 is 18.5 Å². The summed E-state index contributed by atoms with van der Waals surface area (Å²) in [7, 11) is 0. The van der Waals surface area contributed by atoms with E-state index in [-0.39, 0.29) is 0 Å². The van der Waals surface area contributed by atoms with Gasteiger partial charge in [-0.15, -0.1) is 10.2 Å². The Balaban J connectivity index is 2.05. The van der Waals surface area contributed by atoms with E-state index in [1.165, 1.54) is 23.1 Å². The number of rotatable bonds is 4. The molecule has 1 heterocycles. The first-order valence-electron chi connectivity index (χ1n) is 6.18. The number of aryl methyl sites for hydroxylation is 2. The molecule has 0 unspecified atom stereocenters. The number of nitrogens with one attached hydrogen (secondary N) is 1. The fourth-order valence-electron chi connectivity index (χ4n) is 1.64. The van der Waals surface area contributed by atoms with Crippen molar-refractivity contribution >= 4 is 34.7 Å². The minimum Gasteiger partial charge on any atom is -0.326 e. The highest BCUT2D eigenvalue weighted by atomic mass is 32.2. The summed E-state index contributed by atoms with van der Waals surface area (Å²) in [5.41, 5.74) is 1.05. The second-order valence-electron chi connectivity index (χ2n) is 4.51. The van der Waals surface area contributed by atoms with Gasteiger partial charge in [-0.25, -0.2) is 0 Å². The van der Waals surface area contributed by atoms with Crippen LogP contribution in [0.1, 0.15) is 17.0 Å². The Bertz CT molecular complexity index is 685. The molecule has 0 aliphatic carbocycles. The monoisotopic (exact) mass is 347 g/mol. The molecule has 0 saturated carbocycles. The fraction of sp³-hybridized carbons (Fsp3) is 0.308. The quantitative estimate of drug-likeness (QED) is 0.901. The van der Waals surface area contributed by atoms with Crippen LogP contribution in [0.15, 0.2) is 27.4 Å². The van der Waals surface area contributed by atoms with Gasteiger partial charge >= 0.3 is 6.18 Å². The Morgan fingerprint density at radius 2 is 2.05 bits per heavy atom. The lowest BCUT2D eigenvalue weighted by Crippen LogP contribution is -2.21. The molecule has 1 aromatic carbocycles. The number of carbonyl (C=O) groups excluding carboxylic acids is 1. The number of aromatic nitrogens is 2. The Hall–Kier alpha value is -1.61. The van der Waals surface area contributed by atoms with E-state index >= 15 is 0 Å². The zero-order chi connectivity index (χ0) is 16.3. The van der Waals surface area contributed by atoms with Gasteiger partial charge in [0.1, 0.15) is 11.4 Å². The molecular weight excluding hydrogens is 335 g/mol. The summed E-state index contributed by atoms with van der Waals surface area (Å²) in [6.45, 7) is 3.57. The van der Waals surface area contributed by atoms with Gasteiger partial charge in [-0.05, 0) is 37.6 Å². The van der Waals surface area contributed by atoms with Gasteiger partial charge in [-0.1, -0.05) is 23.1 Å². The van der Waals surface area contributed by atoms with Crippen molar-refractivity contribution in [2.75, 3.05) is 5.32 Å². The van der Waals surface area contributed by atoms with E-state index in [9.17, 15) is 18.0 Å². The third kappa shape index (κ3) is 4.99. The van der Waals surface area contributed by atoms with Crippen LogP contribution in [0.4, 0.5) is 18.9 Å². The number of alkyl halides is 3. The van der Waals surface area contributed by atoms with E-state index in [1.54, 1.807) is 25.1 Å². The van der Waals surface area contributed by atoms with Crippen LogP contribution >= 0.6 is 23.1 Å². The number of amides is 1. The van der Waals surface area contributed by atoms with Crippen LogP contribution in [0.5, 0.6) is 0 Å². The summed E-state index contributed by atoms with van der Waals surface area (Å²) >= 11 is 2.87. The highest BCUT2D eigenvalue weighted by Crippen LogP contribution is 2.32. The second-order valence-corrected chi connectivity index (χ2v) is 7.01. The Morgan fingerprint density at radius 3 is 2.59 bits per heavy atom. The molecule has 1 N–H and O–H groups in total. The van der Waals surface area contributed by atoms with Gasteiger partial charge < -0.3 is 5.32 Å². The molecular formula is C13H12F3N3OS2. The highest BCUT2D eigenvalue weighted by molar-refractivity contribution is 8.01. The third-order valence-electron chi connectivity index (χ3n) is 2.55. The van der Waals surface area contributed by atoms with Crippen LogP contribution in [-0.2, 0) is 4.79 Å². The summed E-state index contributed by atoms with van der Waals surface area (Å²) in [4.78, 5) is 12.2. The van der Waals surface area contributed by atoms with E-state index in [0.29, 0.717) is 11.3 Å². The Labute approximate surface area is 133 Å². The molecule has 1 aromatic heterocycles. The molecule has 0 spiro atoms. The van der Waals surface area contributed by atoms with E-state index in [4.69, 9.17) is 0 Å². The molecule has 0 atom stereocenters. The molecule has 0 radical (unpaired) electrons. The van der Waals surface area contributed by atoms with E-state index in [0.717, 1.165) is 14.2 Å². The smallest absolute Gasteiger partial charge is 0.326 e. The molecule has 0 aliphatic rings. The maximum atomic E-state index is 12.1. The van der Waals surface area contributed by atoms with Gasteiger partial charge in [0.25, 0.3) is 0 Å². The standard InChI is InChI=1S/C13H12F3N3OS2/c1-7-5-9(22-12-19-18-8(2)21-12)3-4-10(7)17-11(20)6-13(14,15)16/h3-5H,6H2,1-2H3,(H,17,20). The predicted molar refractivity (Wildman–Crippen MR) is 79.2 cm³/mol. The largest absolute Gasteiger partial charge is 0.397 e. The SMILES string of the molecule is Cc1nnc(Sc2ccc(NC(=O)CC(F)(F)F)c(C)c2)s1. The molecule has 4 nitrogen and oxygen atoms in total. The zero-order valence-corrected chi connectivity index (χ0v) is 13.3. The van der Waals surface area contributed by atoms with Crippen molar-refractivity contribution in [2.45, 2.75) is 35.7 Å². The van der Waals surface area contributed by atoms with Gasteiger partial charge in [-0.2, -0.15) is 13.2 Å². The predicted octanol–water partition coefficient (Wildman–Crippen LogP) is 4.20.